The van der Waals surface area contributed by atoms with E-state index in [2.05, 4.69) is 5.32 Å². The number of amides is 1. The maximum Gasteiger partial charge on any atom is 0.338 e. The van der Waals surface area contributed by atoms with Gasteiger partial charge in [-0.1, -0.05) is 23.8 Å². The van der Waals surface area contributed by atoms with Crippen LogP contribution >= 0.6 is 0 Å². The van der Waals surface area contributed by atoms with Crippen molar-refractivity contribution in [2.24, 2.45) is 0 Å². The molecule has 0 saturated carbocycles. The molecule has 0 spiro atoms. The molecule has 0 saturated heterocycles. The predicted molar refractivity (Wildman–Crippen MR) is 141 cm³/mol. The van der Waals surface area contributed by atoms with E-state index in [1.54, 1.807) is 50.2 Å². The van der Waals surface area contributed by atoms with Crippen LogP contribution in [0.5, 0.6) is 11.5 Å². The zero-order chi connectivity index (χ0) is 27.2. The Labute approximate surface area is 217 Å². The number of aryl methyl sites for hydroxylation is 2. The van der Waals surface area contributed by atoms with E-state index >= 15 is 0 Å². The Bertz CT molecular complexity index is 1390. The molecule has 9 nitrogen and oxygen atoms in total. The number of benzene rings is 3. The van der Waals surface area contributed by atoms with E-state index in [1.165, 1.54) is 38.5 Å². The van der Waals surface area contributed by atoms with Crippen molar-refractivity contribution in [2.75, 3.05) is 37.0 Å². The van der Waals surface area contributed by atoms with Crippen LogP contribution in [0.4, 0.5) is 11.4 Å². The van der Waals surface area contributed by atoms with Crippen molar-refractivity contribution in [3.05, 3.63) is 77.4 Å². The number of anilines is 2. The monoisotopic (exact) mass is 526 g/mol. The number of hydrogen-bond donors (Lipinski definition) is 1. The van der Waals surface area contributed by atoms with Crippen molar-refractivity contribution in [3.8, 4) is 11.5 Å². The molecule has 1 amide bonds. The highest BCUT2D eigenvalue weighted by atomic mass is 32.2. The van der Waals surface area contributed by atoms with Crippen molar-refractivity contribution in [1.29, 1.82) is 0 Å². The van der Waals surface area contributed by atoms with Gasteiger partial charge in [0.1, 0.15) is 18.0 Å². The number of sulfonamides is 1. The standard InChI is InChI=1S/C27H30N2O7S/c1-6-36-27(31)20-10-9-19(3)23(15-20)28-26(30)17-29(24-16-21(34-4)11-14-25(24)35-5)37(32,33)22-12-7-18(2)8-13-22/h7-16H,6,17H2,1-5H3,(H,28,30). The molecule has 3 aromatic rings. The van der Waals surface area contributed by atoms with Crippen molar-refractivity contribution in [2.45, 2.75) is 25.7 Å². The van der Waals surface area contributed by atoms with Gasteiger partial charge in [0.25, 0.3) is 10.0 Å². The summed E-state index contributed by atoms with van der Waals surface area (Å²) in [4.78, 5) is 25.4. The van der Waals surface area contributed by atoms with Crippen molar-refractivity contribution < 1.29 is 32.2 Å². The molecule has 0 bridgehead atoms. The maximum atomic E-state index is 13.8. The molecule has 0 unspecified atom stereocenters. The summed E-state index contributed by atoms with van der Waals surface area (Å²) in [5.41, 5.74) is 2.34. The Morgan fingerprint density at radius 3 is 2.24 bits per heavy atom. The average molecular weight is 527 g/mol. The minimum atomic E-state index is -4.19. The molecule has 0 radical (unpaired) electrons. The summed E-state index contributed by atoms with van der Waals surface area (Å²) in [6.45, 7) is 4.95. The Morgan fingerprint density at radius 2 is 1.62 bits per heavy atom. The average Bonchev–Trinajstić information content (AvgIpc) is 2.88. The van der Waals surface area contributed by atoms with Crippen LogP contribution in [0.2, 0.25) is 0 Å². The molecule has 3 aromatic carbocycles. The van der Waals surface area contributed by atoms with Crippen LogP contribution in [-0.4, -0.2) is 47.7 Å². The summed E-state index contributed by atoms with van der Waals surface area (Å²) >= 11 is 0. The number of hydrogen-bond acceptors (Lipinski definition) is 7. The lowest BCUT2D eigenvalue weighted by Crippen LogP contribution is -2.38. The Hall–Kier alpha value is -4.05. The maximum absolute atomic E-state index is 13.8. The summed E-state index contributed by atoms with van der Waals surface area (Å²) in [6, 6.07) is 15.8. The molecule has 0 fully saturated rings. The first-order chi connectivity index (χ1) is 17.6. The van der Waals surface area contributed by atoms with Gasteiger partial charge >= 0.3 is 5.97 Å². The van der Waals surface area contributed by atoms with Gasteiger partial charge in [-0.15, -0.1) is 0 Å². The number of esters is 1. The van der Waals surface area contributed by atoms with E-state index in [9.17, 15) is 18.0 Å². The van der Waals surface area contributed by atoms with Crippen LogP contribution in [0.25, 0.3) is 0 Å². The number of nitrogens with one attached hydrogen (secondary N) is 1. The molecule has 1 N–H and O–H groups in total. The lowest BCUT2D eigenvalue weighted by atomic mass is 10.1. The van der Waals surface area contributed by atoms with Gasteiger partial charge < -0.3 is 19.5 Å². The van der Waals surface area contributed by atoms with E-state index in [4.69, 9.17) is 14.2 Å². The van der Waals surface area contributed by atoms with Gasteiger partial charge in [-0.2, -0.15) is 0 Å². The molecule has 0 aliphatic carbocycles. The summed E-state index contributed by atoms with van der Waals surface area (Å²) < 4.78 is 44.3. The summed E-state index contributed by atoms with van der Waals surface area (Å²) in [7, 11) is -1.33. The largest absolute Gasteiger partial charge is 0.497 e. The van der Waals surface area contributed by atoms with Crippen LogP contribution in [-0.2, 0) is 19.6 Å². The minimum Gasteiger partial charge on any atom is -0.497 e. The third-order valence-electron chi connectivity index (χ3n) is 5.57. The number of rotatable bonds is 10. The van der Waals surface area contributed by atoms with Crippen molar-refractivity contribution in [3.63, 3.8) is 0 Å². The summed E-state index contributed by atoms with van der Waals surface area (Å²) in [5, 5.41) is 2.72. The highest BCUT2D eigenvalue weighted by Crippen LogP contribution is 2.35. The third kappa shape index (κ3) is 6.39. The smallest absolute Gasteiger partial charge is 0.338 e. The van der Waals surface area contributed by atoms with E-state index in [0.717, 1.165) is 9.87 Å². The van der Waals surface area contributed by atoms with Gasteiger partial charge in [0, 0.05) is 11.8 Å². The summed E-state index contributed by atoms with van der Waals surface area (Å²) in [5.74, 6) is -0.518. The second-order valence-corrected chi connectivity index (χ2v) is 10.0. The number of ether oxygens (including phenoxy) is 3. The quantitative estimate of drug-likeness (QED) is 0.392. The van der Waals surface area contributed by atoms with Gasteiger partial charge in [0.05, 0.1) is 37.0 Å². The van der Waals surface area contributed by atoms with E-state index in [1.807, 2.05) is 6.92 Å². The molecule has 37 heavy (non-hydrogen) atoms. The third-order valence-corrected chi connectivity index (χ3v) is 7.35. The molecule has 196 valence electrons. The molecule has 0 aliphatic rings. The van der Waals surface area contributed by atoms with Gasteiger partial charge in [0.15, 0.2) is 0 Å². The topological polar surface area (TPSA) is 111 Å². The van der Waals surface area contributed by atoms with E-state index in [-0.39, 0.29) is 28.5 Å². The first-order valence-electron chi connectivity index (χ1n) is 11.5. The van der Waals surface area contributed by atoms with Crippen molar-refractivity contribution in [1.82, 2.24) is 0 Å². The molecular weight excluding hydrogens is 496 g/mol. The van der Waals surface area contributed by atoms with E-state index < -0.39 is 28.4 Å². The fourth-order valence-electron chi connectivity index (χ4n) is 3.55. The van der Waals surface area contributed by atoms with Crippen LogP contribution in [0, 0.1) is 13.8 Å². The highest BCUT2D eigenvalue weighted by Gasteiger charge is 2.30. The van der Waals surface area contributed by atoms with E-state index in [0.29, 0.717) is 17.0 Å². The molecule has 3 rings (SSSR count). The zero-order valence-corrected chi connectivity index (χ0v) is 22.2. The second-order valence-electron chi connectivity index (χ2n) is 8.16. The van der Waals surface area contributed by atoms with Gasteiger partial charge in [0.2, 0.25) is 5.91 Å². The minimum absolute atomic E-state index is 0.0104. The molecule has 10 heteroatoms. The first kappa shape index (κ1) is 27.5. The normalized spacial score (nSPS) is 10.9. The van der Waals surface area contributed by atoms with Gasteiger partial charge in [-0.3, -0.25) is 9.10 Å². The zero-order valence-electron chi connectivity index (χ0n) is 21.4. The molecule has 0 aliphatic heterocycles. The van der Waals surface area contributed by atoms with Gasteiger partial charge in [-0.05, 0) is 62.7 Å². The Morgan fingerprint density at radius 1 is 0.919 bits per heavy atom. The molecule has 0 aromatic heterocycles. The predicted octanol–water partition coefficient (Wildman–Crippen LogP) is 4.33. The Kier molecular flexibility index (Phi) is 8.77. The molecule has 0 atom stereocenters. The number of carbonyl (C=O) groups excluding carboxylic acids is 2. The van der Waals surface area contributed by atoms with Gasteiger partial charge in [-0.25, -0.2) is 13.2 Å². The molecule has 0 heterocycles. The fraction of sp³-hybridized carbons (Fsp3) is 0.259. The first-order valence-corrected chi connectivity index (χ1v) is 12.9. The highest BCUT2D eigenvalue weighted by molar-refractivity contribution is 7.92. The Balaban J connectivity index is 2.03. The van der Waals surface area contributed by atoms with Crippen LogP contribution in [0.1, 0.15) is 28.4 Å². The lowest BCUT2D eigenvalue weighted by molar-refractivity contribution is -0.114. The fourth-order valence-corrected chi connectivity index (χ4v) is 4.97. The van der Waals surface area contributed by atoms with Crippen molar-refractivity contribution >= 4 is 33.3 Å². The number of carbonyl (C=O) groups is 2. The summed E-state index contributed by atoms with van der Waals surface area (Å²) in [6.07, 6.45) is 0. The van der Waals surface area contributed by atoms with Crippen LogP contribution < -0.4 is 19.1 Å². The number of nitrogens with zero attached hydrogens (tertiary/aromatic N) is 1. The van der Waals surface area contributed by atoms with Crippen LogP contribution in [0.15, 0.2) is 65.6 Å². The SMILES string of the molecule is CCOC(=O)c1ccc(C)c(NC(=O)CN(c2cc(OC)ccc2OC)S(=O)(=O)c2ccc(C)cc2)c1. The second kappa shape index (κ2) is 11.8. The lowest BCUT2D eigenvalue weighted by Gasteiger charge is -2.26. The van der Waals surface area contributed by atoms with Crippen LogP contribution in [0.3, 0.4) is 0 Å². The number of methoxy groups -OCH3 is 2. The molecular formula is C27H30N2O7S.